The minimum atomic E-state index is -0.298. The zero-order valence-electron chi connectivity index (χ0n) is 24.9. The Kier molecular flexibility index (Phi) is 7.01. The van der Waals surface area contributed by atoms with Gasteiger partial charge in [0.2, 0.25) is 17.7 Å². The number of amides is 1. The van der Waals surface area contributed by atoms with E-state index < -0.39 is 0 Å². The van der Waals surface area contributed by atoms with Crippen LogP contribution in [0.4, 0.5) is 23.0 Å². The lowest BCUT2D eigenvalue weighted by atomic mass is 10.0. The zero-order valence-corrected chi connectivity index (χ0v) is 24.9. The van der Waals surface area contributed by atoms with Gasteiger partial charge in [-0.05, 0) is 45.1 Å². The number of hydrogen-bond donors (Lipinski definition) is 2. The van der Waals surface area contributed by atoms with Gasteiger partial charge in [-0.2, -0.15) is 0 Å². The maximum atomic E-state index is 12.4. The van der Waals surface area contributed by atoms with E-state index in [1.54, 1.807) is 25.8 Å². The molecule has 0 unspecified atom stereocenters. The third kappa shape index (κ3) is 5.05. The number of carbonyl (C=O) groups is 1. The van der Waals surface area contributed by atoms with Gasteiger partial charge in [-0.15, -0.1) is 0 Å². The number of para-hydroxylation sites is 1. The van der Waals surface area contributed by atoms with E-state index in [-0.39, 0.29) is 5.91 Å². The second-order valence-corrected chi connectivity index (χ2v) is 11.4. The lowest BCUT2D eigenvalue weighted by Crippen LogP contribution is -2.57. The molecule has 1 aliphatic carbocycles. The summed E-state index contributed by atoms with van der Waals surface area (Å²) < 4.78 is 13.9. The highest BCUT2D eigenvalue weighted by Crippen LogP contribution is 2.44. The van der Waals surface area contributed by atoms with Gasteiger partial charge < -0.3 is 34.2 Å². The molecule has 1 aliphatic heterocycles. The molecule has 2 N–H and O–H groups in total. The Morgan fingerprint density at radius 1 is 1.14 bits per heavy atom. The molecule has 2 fully saturated rings. The first-order valence-corrected chi connectivity index (χ1v) is 14.6. The fraction of sp³-hybridized carbons (Fsp3) is 0.273. The van der Waals surface area contributed by atoms with Crippen molar-refractivity contribution in [3.63, 3.8) is 0 Å². The van der Waals surface area contributed by atoms with Crippen LogP contribution in [0.1, 0.15) is 18.9 Å². The molecule has 44 heavy (non-hydrogen) atoms. The van der Waals surface area contributed by atoms with Crippen molar-refractivity contribution in [1.82, 2.24) is 24.4 Å². The van der Waals surface area contributed by atoms with Crippen LogP contribution in [0.5, 0.6) is 5.75 Å². The molecule has 2 aromatic carbocycles. The number of rotatable bonds is 10. The second kappa shape index (κ2) is 11.2. The van der Waals surface area contributed by atoms with Crippen LogP contribution in [0.2, 0.25) is 0 Å². The van der Waals surface area contributed by atoms with Crippen LogP contribution >= 0.6 is 0 Å². The smallest absolute Gasteiger partial charge is 0.247 e. The molecule has 5 aromatic rings. The molecular weight excluding hydrogens is 556 g/mol. The number of methoxy groups -OCH3 is 1. The van der Waals surface area contributed by atoms with E-state index in [0.717, 1.165) is 42.6 Å². The van der Waals surface area contributed by atoms with Crippen LogP contribution in [-0.2, 0) is 4.79 Å². The Bertz CT molecular complexity index is 1850. The van der Waals surface area contributed by atoms with E-state index in [1.165, 1.54) is 11.6 Å². The molecule has 1 saturated heterocycles. The monoisotopic (exact) mass is 590 g/mol. The molecule has 0 radical (unpaired) electrons. The predicted octanol–water partition coefficient (Wildman–Crippen LogP) is 5.72. The van der Waals surface area contributed by atoms with Crippen molar-refractivity contribution in [3.05, 3.63) is 73.9 Å². The molecule has 224 valence electrons. The Balaban J connectivity index is 1.30. The van der Waals surface area contributed by atoms with Crippen LogP contribution < -0.4 is 20.3 Å². The van der Waals surface area contributed by atoms with Gasteiger partial charge in [-0.1, -0.05) is 24.8 Å². The van der Waals surface area contributed by atoms with E-state index in [0.29, 0.717) is 52.3 Å². The number of anilines is 4. The van der Waals surface area contributed by atoms with Gasteiger partial charge in [0.25, 0.3) is 0 Å². The molecule has 4 heterocycles. The van der Waals surface area contributed by atoms with Crippen LogP contribution in [0.3, 0.4) is 0 Å². The summed E-state index contributed by atoms with van der Waals surface area (Å²) in [5.41, 5.74) is 5.64. The number of ether oxygens (including phenoxy) is 1. The quantitative estimate of drug-likeness (QED) is 0.197. The van der Waals surface area contributed by atoms with E-state index in [9.17, 15) is 4.79 Å². The number of benzene rings is 2. The van der Waals surface area contributed by atoms with Crippen LogP contribution in [-0.4, -0.2) is 70.7 Å². The highest BCUT2D eigenvalue weighted by atomic mass is 16.5. The Hall–Kier alpha value is -5.16. The summed E-state index contributed by atoms with van der Waals surface area (Å²) in [7, 11) is 5.76. The van der Waals surface area contributed by atoms with Crippen molar-refractivity contribution in [2.45, 2.75) is 24.9 Å². The van der Waals surface area contributed by atoms with Crippen molar-refractivity contribution in [1.29, 1.82) is 0 Å². The topological polar surface area (TPSA) is 114 Å². The van der Waals surface area contributed by atoms with Gasteiger partial charge in [0, 0.05) is 60.1 Å². The molecule has 1 amide bonds. The Labute approximate surface area is 255 Å². The van der Waals surface area contributed by atoms with Gasteiger partial charge in [0.1, 0.15) is 12.0 Å². The van der Waals surface area contributed by atoms with Crippen molar-refractivity contribution in [2.75, 3.05) is 49.8 Å². The van der Waals surface area contributed by atoms with E-state index >= 15 is 0 Å². The van der Waals surface area contributed by atoms with Gasteiger partial charge in [0.15, 0.2) is 0 Å². The highest BCUT2D eigenvalue weighted by molar-refractivity contribution is 6.02. The molecule has 0 atom stereocenters. The number of hydrogen-bond acceptors (Lipinski definition) is 9. The molecule has 7 rings (SSSR count). The van der Waals surface area contributed by atoms with Gasteiger partial charge in [0.05, 0.1) is 41.6 Å². The molecular formula is C33H34N8O3. The first-order chi connectivity index (χ1) is 21.4. The van der Waals surface area contributed by atoms with Crippen LogP contribution in [0.15, 0.2) is 78.3 Å². The van der Waals surface area contributed by atoms with Crippen LogP contribution in [0, 0.1) is 0 Å². The number of nitrogens with zero attached hydrogens (tertiary/aromatic N) is 6. The summed E-state index contributed by atoms with van der Waals surface area (Å²) >= 11 is 0. The fourth-order valence-corrected chi connectivity index (χ4v) is 5.69. The Morgan fingerprint density at radius 3 is 2.66 bits per heavy atom. The number of likely N-dealkylation sites (N-methyl/N-ethyl adjacent to an activating group) is 1. The molecule has 11 heteroatoms. The molecule has 0 spiro atoms. The number of carbonyl (C=O) groups excluding carboxylic acids is 1. The summed E-state index contributed by atoms with van der Waals surface area (Å²) in [6.45, 7) is 5.30. The third-order valence-corrected chi connectivity index (χ3v) is 8.33. The van der Waals surface area contributed by atoms with Crippen molar-refractivity contribution in [3.8, 4) is 28.5 Å². The summed E-state index contributed by atoms with van der Waals surface area (Å²) in [6.07, 6.45) is 10.6. The average molecular weight is 591 g/mol. The van der Waals surface area contributed by atoms with Crippen molar-refractivity contribution >= 4 is 39.8 Å². The van der Waals surface area contributed by atoms with Crippen molar-refractivity contribution in [2.24, 2.45) is 0 Å². The Morgan fingerprint density at radius 2 is 1.95 bits per heavy atom. The minimum absolute atomic E-state index is 0.298. The highest BCUT2D eigenvalue weighted by Gasteiger charge is 2.31. The van der Waals surface area contributed by atoms with E-state index in [4.69, 9.17) is 14.1 Å². The van der Waals surface area contributed by atoms with Gasteiger partial charge in [-0.3, -0.25) is 4.79 Å². The van der Waals surface area contributed by atoms with Gasteiger partial charge >= 0.3 is 0 Å². The number of nitrogens with one attached hydrogen (secondary N) is 2. The normalized spacial score (nSPS) is 15.0. The van der Waals surface area contributed by atoms with Gasteiger partial charge in [-0.25, -0.2) is 15.0 Å². The maximum absolute atomic E-state index is 12.4. The fourth-order valence-electron chi connectivity index (χ4n) is 5.69. The standard InChI is InChI=1S/C33H34N8O3/c1-5-30(42)36-25-14-26(29(43-4)15-28(25)40-17-21(18-40)39(2)3)37-33-35-16-23(32-34-12-13-44-32)31(38-33)24-19-41(20-10-11-20)27-9-7-6-8-22(24)27/h5-9,12-16,19-21H,1,10-11,17-18H2,2-4H3,(H,36,42)(H,35,37,38). The second-order valence-electron chi connectivity index (χ2n) is 11.4. The minimum Gasteiger partial charge on any atom is -0.494 e. The largest absolute Gasteiger partial charge is 0.494 e. The van der Waals surface area contributed by atoms with Crippen molar-refractivity contribution < 1.29 is 13.9 Å². The summed E-state index contributed by atoms with van der Waals surface area (Å²) in [4.78, 5) is 30.9. The number of aromatic nitrogens is 4. The molecule has 3 aromatic heterocycles. The van der Waals surface area contributed by atoms with E-state index in [2.05, 4.69) is 80.0 Å². The third-order valence-electron chi connectivity index (χ3n) is 8.33. The summed E-state index contributed by atoms with van der Waals surface area (Å²) in [6, 6.07) is 13.1. The summed E-state index contributed by atoms with van der Waals surface area (Å²) in [5.74, 6) is 1.10. The first kappa shape index (κ1) is 27.7. The first-order valence-electron chi connectivity index (χ1n) is 14.6. The predicted molar refractivity (Wildman–Crippen MR) is 172 cm³/mol. The molecule has 2 aliphatic rings. The SMILES string of the molecule is C=CC(=O)Nc1cc(Nc2ncc(-c3ncco3)c(-c3cn(C4CC4)c4ccccc34)n2)c(OC)cc1N1CC(N(C)C)C1. The number of fused-ring (bicyclic) bond motifs is 1. The molecule has 1 saturated carbocycles. The number of oxazole rings is 1. The summed E-state index contributed by atoms with van der Waals surface area (Å²) in [5, 5.41) is 7.41. The lowest BCUT2D eigenvalue weighted by molar-refractivity contribution is -0.111. The lowest BCUT2D eigenvalue weighted by Gasteiger charge is -2.45. The van der Waals surface area contributed by atoms with Crippen LogP contribution in [0.25, 0.3) is 33.6 Å². The molecule has 11 nitrogen and oxygen atoms in total. The molecule has 0 bridgehead atoms. The average Bonchev–Trinajstić information content (AvgIpc) is 3.55. The zero-order chi connectivity index (χ0) is 30.4. The maximum Gasteiger partial charge on any atom is 0.247 e. The van der Waals surface area contributed by atoms with E-state index in [1.807, 2.05) is 18.2 Å².